The molecule has 1 heterocycles. The molecule has 0 bridgehead atoms. The first-order valence-corrected chi connectivity index (χ1v) is 20.2. The van der Waals surface area contributed by atoms with Crippen LogP contribution < -0.4 is 20.7 Å². The van der Waals surface area contributed by atoms with Crippen molar-refractivity contribution < 1.29 is 43.2 Å². The Labute approximate surface area is 342 Å². The first kappa shape index (κ1) is 45.6. The van der Waals surface area contributed by atoms with Gasteiger partial charge < -0.3 is 44.7 Å². The molecule has 0 aliphatic rings. The number of hydrogen-bond donors (Lipinski definition) is 4. The number of nitrogens with zero attached hydrogens (tertiary/aromatic N) is 1. The Balaban J connectivity index is 1.28. The molecule has 0 aliphatic heterocycles. The molecule has 0 unspecified atom stereocenters. The van der Waals surface area contributed by atoms with E-state index in [9.17, 15) is 19.5 Å². The highest BCUT2D eigenvalue weighted by Crippen LogP contribution is 2.35. The molecule has 0 saturated heterocycles. The van der Waals surface area contributed by atoms with Crippen LogP contribution in [-0.2, 0) is 33.3 Å². The fraction of sp³-hybridized carbons (Fsp3) is 0.467. The minimum absolute atomic E-state index is 0.217. The Morgan fingerprint density at radius 2 is 1.40 bits per heavy atom. The van der Waals surface area contributed by atoms with Gasteiger partial charge in [0.15, 0.2) is 0 Å². The van der Waals surface area contributed by atoms with Gasteiger partial charge in [0.1, 0.15) is 24.2 Å². The highest BCUT2D eigenvalue weighted by Gasteiger charge is 2.27. The zero-order valence-electron chi connectivity index (χ0n) is 34.3. The molecular weight excluding hydrogens is 741 g/mol. The van der Waals surface area contributed by atoms with Crippen molar-refractivity contribution in [3.63, 3.8) is 0 Å². The second kappa shape index (κ2) is 25.3. The van der Waals surface area contributed by atoms with E-state index >= 15 is 0 Å². The van der Waals surface area contributed by atoms with Gasteiger partial charge in [-0.05, 0) is 71.5 Å². The Morgan fingerprint density at radius 1 is 0.759 bits per heavy atom. The largest absolute Gasteiger partial charge is 0.491 e. The smallest absolute Gasteiger partial charge is 0.305 e. The summed E-state index contributed by atoms with van der Waals surface area (Å²) in [6, 6.07) is 21.6. The summed E-state index contributed by atoms with van der Waals surface area (Å²) in [6.07, 6.45) is 3.17. The highest BCUT2D eigenvalue weighted by atomic mass is 16.6. The summed E-state index contributed by atoms with van der Waals surface area (Å²) in [5.74, 6) is -0.496. The number of aliphatic carboxylic acids is 1. The molecule has 3 aromatic carbocycles. The van der Waals surface area contributed by atoms with Gasteiger partial charge >= 0.3 is 5.97 Å². The molecule has 4 N–H and O–H groups in total. The molecule has 0 fully saturated rings. The van der Waals surface area contributed by atoms with Crippen molar-refractivity contribution in [3.05, 3.63) is 90.1 Å². The van der Waals surface area contributed by atoms with E-state index in [1.54, 1.807) is 6.20 Å². The lowest BCUT2D eigenvalue weighted by Crippen LogP contribution is -2.50. The molecule has 4 aromatic rings. The second-order valence-electron chi connectivity index (χ2n) is 14.3. The fourth-order valence-corrected chi connectivity index (χ4v) is 6.23. The van der Waals surface area contributed by atoms with Crippen LogP contribution in [0.4, 0.5) is 5.82 Å². The number of carbonyl (C=O) groups is 3. The quantitative estimate of drug-likeness (QED) is 0.0450. The first-order valence-electron chi connectivity index (χ1n) is 20.2. The monoisotopic (exact) mass is 800 g/mol. The average molecular weight is 801 g/mol. The van der Waals surface area contributed by atoms with Crippen molar-refractivity contribution in [2.45, 2.75) is 65.5 Å². The third kappa shape index (κ3) is 15.7. The maximum atomic E-state index is 13.5. The molecule has 0 aliphatic carbocycles. The number of hydrogen-bond acceptors (Lipinski definition) is 10. The predicted octanol–water partition coefficient (Wildman–Crippen LogP) is 6.73. The Bertz CT molecular complexity index is 1850. The molecule has 4 rings (SSSR count). The molecular formula is C45H60N4O9. The zero-order valence-corrected chi connectivity index (χ0v) is 34.3. The van der Waals surface area contributed by atoms with E-state index in [1.165, 1.54) is 0 Å². The minimum Gasteiger partial charge on any atom is -0.491 e. The lowest BCUT2D eigenvalue weighted by molar-refractivity contribution is -0.138. The maximum absolute atomic E-state index is 13.5. The standard InChI is InChI=1S/C45H60N4O9/c1-5-21-54-22-23-55-24-25-56-26-27-57-28-29-58-40-17-16-36(37-9-6-7-10-38(37)40)34-12-14-35(15-13-34)39(31-43(51)52)48-45(53)44(32(2)3)49-42(50)11-8-19-46-41-30-33(4)18-20-47-41/h6-7,9-10,12-18,20,30,32,39,44H,5,8,11,19,21-29,31H2,1-4H3,(H,46,47)(H,48,53)(H,49,50)(H,51,52)/t39-,44+/m0/s1. The lowest BCUT2D eigenvalue weighted by Gasteiger charge is -2.25. The Morgan fingerprint density at radius 3 is 2.02 bits per heavy atom. The summed E-state index contributed by atoms with van der Waals surface area (Å²) in [5, 5.41) is 20.7. The van der Waals surface area contributed by atoms with Crippen molar-refractivity contribution in [2.75, 3.05) is 71.3 Å². The number of carboxylic acid groups (broad SMARTS) is 1. The number of pyridine rings is 1. The van der Waals surface area contributed by atoms with Gasteiger partial charge in [-0.1, -0.05) is 75.4 Å². The van der Waals surface area contributed by atoms with Crippen LogP contribution in [0.3, 0.4) is 0 Å². The van der Waals surface area contributed by atoms with Gasteiger partial charge in [-0.25, -0.2) is 4.98 Å². The van der Waals surface area contributed by atoms with Crippen LogP contribution in [0, 0.1) is 12.8 Å². The maximum Gasteiger partial charge on any atom is 0.305 e. The van der Waals surface area contributed by atoms with Gasteiger partial charge in [0, 0.05) is 31.2 Å². The number of amides is 2. The van der Waals surface area contributed by atoms with Gasteiger partial charge in [0.25, 0.3) is 0 Å². The Kier molecular flexibility index (Phi) is 19.9. The molecule has 1 aromatic heterocycles. The average Bonchev–Trinajstić information content (AvgIpc) is 3.21. The predicted molar refractivity (Wildman–Crippen MR) is 225 cm³/mol. The number of aryl methyl sites for hydroxylation is 1. The van der Waals surface area contributed by atoms with Gasteiger partial charge in [-0.2, -0.15) is 0 Å². The van der Waals surface area contributed by atoms with Crippen LogP contribution in [0.15, 0.2) is 79.0 Å². The normalized spacial score (nSPS) is 12.3. The van der Waals surface area contributed by atoms with Crippen LogP contribution in [0.25, 0.3) is 21.9 Å². The first-order chi connectivity index (χ1) is 28.2. The van der Waals surface area contributed by atoms with E-state index in [2.05, 4.69) is 27.9 Å². The molecule has 2 atom stereocenters. The summed E-state index contributed by atoms with van der Waals surface area (Å²) >= 11 is 0. The van der Waals surface area contributed by atoms with E-state index in [4.69, 9.17) is 23.7 Å². The SMILES string of the molecule is CCCOCCOCCOCCOCCOc1ccc(-c2ccc([C@H](CC(=O)O)NC(=O)[C@H](NC(=O)CCCNc3cc(C)ccn3)C(C)C)cc2)c2ccccc12. The number of fused-ring (bicyclic) bond motifs is 1. The topological polar surface area (TPSA) is 167 Å². The molecule has 0 radical (unpaired) electrons. The third-order valence-corrected chi connectivity index (χ3v) is 9.22. The van der Waals surface area contributed by atoms with Crippen LogP contribution in [0.2, 0.25) is 0 Å². The number of carboxylic acids is 1. The van der Waals surface area contributed by atoms with Crippen LogP contribution in [0.1, 0.15) is 63.6 Å². The Hall–Kier alpha value is -5.08. The lowest BCUT2D eigenvalue weighted by atomic mass is 9.95. The van der Waals surface area contributed by atoms with E-state index in [1.807, 2.05) is 93.6 Å². The van der Waals surface area contributed by atoms with Crippen molar-refractivity contribution in [3.8, 4) is 16.9 Å². The molecule has 58 heavy (non-hydrogen) atoms. The van der Waals surface area contributed by atoms with Gasteiger partial charge in [-0.3, -0.25) is 14.4 Å². The number of carbonyl (C=O) groups excluding carboxylic acids is 2. The van der Waals surface area contributed by atoms with E-state index in [0.717, 1.165) is 52.1 Å². The summed E-state index contributed by atoms with van der Waals surface area (Å²) < 4.78 is 28.2. The van der Waals surface area contributed by atoms with Crippen LogP contribution in [0.5, 0.6) is 5.75 Å². The summed E-state index contributed by atoms with van der Waals surface area (Å²) in [5.41, 5.74) is 3.62. The molecule has 2 amide bonds. The van der Waals surface area contributed by atoms with Crippen molar-refractivity contribution >= 4 is 34.4 Å². The second-order valence-corrected chi connectivity index (χ2v) is 14.3. The van der Waals surface area contributed by atoms with Crippen LogP contribution >= 0.6 is 0 Å². The number of rotatable bonds is 28. The summed E-state index contributed by atoms with van der Waals surface area (Å²) in [7, 11) is 0. The zero-order chi connectivity index (χ0) is 41.5. The van der Waals surface area contributed by atoms with E-state index < -0.39 is 24.0 Å². The molecule has 0 saturated carbocycles. The van der Waals surface area contributed by atoms with Crippen molar-refractivity contribution in [1.29, 1.82) is 0 Å². The molecule has 13 nitrogen and oxygen atoms in total. The summed E-state index contributed by atoms with van der Waals surface area (Å²) in [6.45, 7) is 12.9. The van der Waals surface area contributed by atoms with Gasteiger partial charge in [0.05, 0.1) is 58.7 Å². The highest BCUT2D eigenvalue weighted by molar-refractivity contribution is 6.00. The van der Waals surface area contributed by atoms with Gasteiger partial charge in [-0.15, -0.1) is 0 Å². The minimum atomic E-state index is -1.06. The molecule has 13 heteroatoms. The van der Waals surface area contributed by atoms with Crippen molar-refractivity contribution in [2.24, 2.45) is 5.92 Å². The molecule has 0 spiro atoms. The number of anilines is 1. The number of aromatic nitrogens is 1. The summed E-state index contributed by atoms with van der Waals surface area (Å²) in [4.78, 5) is 42.6. The number of nitrogens with one attached hydrogen (secondary N) is 3. The molecule has 314 valence electrons. The van der Waals surface area contributed by atoms with E-state index in [0.29, 0.717) is 71.4 Å². The number of benzene rings is 3. The van der Waals surface area contributed by atoms with Crippen molar-refractivity contribution in [1.82, 2.24) is 15.6 Å². The third-order valence-electron chi connectivity index (χ3n) is 9.22. The van der Waals surface area contributed by atoms with Gasteiger partial charge in [0.2, 0.25) is 11.8 Å². The fourth-order valence-electron chi connectivity index (χ4n) is 6.23. The number of ether oxygens (including phenoxy) is 5. The van der Waals surface area contributed by atoms with E-state index in [-0.39, 0.29) is 24.7 Å². The van der Waals surface area contributed by atoms with Crippen LogP contribution in [-0.4, -0.2) is 99.9 Å².